The first-order chi connectivity index (χ1) is 12.3. The van der Waals surface area contributed by atoms with Crippen LogP contribution in [0.4, 0.5) is 10.1 Å². The predicted molar refractivity (Wildman–Crippen MR) is 88.1 cm³/mol. The number of halogens is 1. The van der Waals surface area contributed by atoms with E-state index in [2.05, 4.69) is 4.98 Å². The van der Waals surface area contributed by atoms with Gasteiger partial charge in [0.25, 0.3) is 5.91 Å². The highest BCUT2D eigenvalue weighted by atomic mass is 32.2. The summed E-state index contributed by atoms with van der Waals surface area (Å²) >= 11 is 0. The van der Waals surface area contributed by atoms with Gasteiger partial charge in [0.1, 0.15) is 23.5 Å². The van der Waals surface area contributed by atoms with E-state index in [1.54, 1.807) is 4.72 Å². The minimum absolute atomic E-state index is 0.0875. The van der Waals surface area contributed by atoms with Crippen molar-refractivity contribution in [1.29, 1.82) is 5.26 Å². The number of aromatic hydroxyl groups is 1. The fourth-order valence-electron chi connectivity index (χ4n) is 2.48. The summed E-state index contributed by atoms with van der Waals surface area (Å²) in [6, 6.07) is 6.03. The molecule has 0 spiro atoms. The summed E-state index contributed by atoms with van der Waals surface area (Å²) in [6.45, 7) is -0.444. The van der Waals surface area contributed by atoms with Crippen LogP contribution in [0.15, 0.2) is 18.2 Å². The van der Waals surface area contributed by atoms with E-state index in [0.29, 0.717) is 17.1 Å². The van der Waals surface area contributed by atoms with E-state index in [1.807, 2.05) is 6.07 Å². The van der Waals surface area contributed by atoms with E-state index in [9.17, 15) is 22.7 Å². The van der Waals surface area contributed by atoms with Crippen molar-refractivity contribution in [2.75, 3.05) is 17.5 Å². The van der Waals surface area contributed by atoms with Gasteiger partial charge in [-0.15, -0.1) is 0 Å². The third kappa shape index (κ3) is 3.18. The lowest BCUT2D eigenvalue weighted by Crippen LogP contribution is -2.30. The normalized spacial score (nSPS) is 15.7. The van der Waals surface area contributed by atoms with Crippen molar-refractivity contribution in [1.82, 2.24) is 9.71 Å². The molecular formula is C15H13FN4O5S. The zero-order chi connectivity index (χ0) is 18.9. The molecule has 1 amide bonds. The van der Waals surface area contributed by atoms with Gasteiger partial charge in [-0.2, -0.15) is 13.7 Å². The summed E-state index contributed by atoms with van der Waals surface area (Å²) in [4.78, 5) is 15.4. The minimum Gasteiger partial charge on any atom is -0.506 e. The molecule has 0 atom stereocenters. The summed E-state index contributed by atoms with van der Waals surface area (Å²) in [5.41, 5.74) is -0.880. The Kier molecular flexibility index (Phi) is 4.52. The monoisotopic (exact) mass is 380 g/mol. The number of fused-ring (bicyclic) bond motifs is 1. The molecular weight excluding hydrogens is 367 g/mol. The van der Waals surface area contributed by atoms with Crippen molar-refractivity contribution in [3.05, 3.63) is 24.0 Å². The van der Waals surface area contributed by atoms with Crippen LogP contribution in [-0.4, -0.2) is 37.6 Å². The summed E-state index contributed by atoms with van der Waals surface area (Å²) in [7, 11) is -4.29. The molecule has 0 radical (unpaired) electrons. The zero-order valence-electron chi connectivity index (χ0n) is 13.3. The number of nitriles is 1. The molecule has 136 valence electrons. The average Bonchev–Trinajstić information content (AvgIpc) is 2.84. The second-order valence-electron chi connectivity index (χ2n) is 5.43. The van der Waals surface area contributed by atoms with Crippen LogP contribution >= 0.6 is 0 Å². The van der Waals surface area contributed by atoms with Crippen LogP contribution < -0.4 is 13.8 Å². The number of aromatic nitrogens is 1. The highest BCUT2D eigenvalue weighted by molar-refractivity contribution is 7.92. The molecule has 0 aliphatic carbocycles. The first kappa shape index (κ1) is 17.7. The Balaban J connectivity index is 2.03. The van der Waals surface area contributed by atoms with Crippen LogP contribution in [0.5, 0.6) is 11.6 Å². The van der Waals surface area contributed by atoms with Gasteiger partial charge in [-0.1, -0.05) is 0 Å². The van der Waals surface area contributed by atoms with Crippen molar-refractivity contribution < 1.29 is 27.4 Å². The van der Waals surface area contributed by atoms with Crippen LogP contribution in [0.25, 0.3) is 10.9 Å². The van der Waals surface area contributed by atoms with E-state index in [-0.39, 0.29) is 23.4 Å². The highest BCUT2D eigenvalue weighted by Gasteiger charge is 2.38. The number of benzene rings is 1. The summed E-state index contributed by atoms with van der Waals surface area (Å²) < 4.78 is 46.3. The lowest BCUT2D eigenvalue weighted by Gasteiger charge is -2.18. The van der Waals surface area contributed by atoms with Crippen molar-refractivity contribution in [2.45, 2.75) is 12.8 Å². The van der Waals surface area contributed by atoms with Gasteiger partial charge in [-0.25, -0.2) is 18.4 Å². The largest absolute Gasteiger partial charge is 0.506 e. The number of anilines is 1. The Morgan fingerprint density at radius 2 is 2.23 bits per heavy atom. The van der Waals surface area contributed by atoms with Gasteiger partial charge >= 0.3 is 10.2 Å². The first-order valence-corrected chi connectivity index (χ1v) is 8.93. The lowest BCUT2D eigenvalue weighted by atomic mass is 10.1. The molecule has 2 N–H and O–H groups in total. The maximum absolute atomic E-state index is 14.9. The maximum atomic E-state index is 14.9. The first-order valence-electron chi connectivity index (χ1n) is 7.49. The van der Waals surface area contributed by atoms with E-state index in [1.165, 1.54) is 12.1 Å². The number of unbranched alkanes of at least 4 members (excludes halogenated alkanes) is 1. The van der Waals surface area contributed by atoms with E-state index in [0.717, 1.165) is 6.07 Å². The molecule has 26 heavy (non-hydrogen) atoms. The van der Waals surface area contributed by atoms with Crippen molar-refractivity contribution in [2.24, 2.45) is 0 Å². The van der Waals surface area contributed by atoms with Crippen LogP contribution in [-0.2, 0) is 15.0 Å². The molecule has 1 saturated heterocycles. The van der Waals surface area contributed by atoms with Gasteiger partial charge in [0.15, 0.2) is 5.82 Å². The fraction of sp³-hybridized carbons (Fsp3) is 0.267. The number of phenolic OH excluding ortho intramolecular Hbond substituents is 1. The van der Waals surface area contributed by atoms with Crippen LogP contribution in [0, 0.1) is 17.1 Å². The van der Waals surface area contributed by atoms with Crippen LogP contribution in [0.2, 0.25) is 0 Å². The maximum Gasteiger partial charge on any atom is 0.326 e. The van der Waals surface area contributed by atoms with E-state index in [4.69, 9.17) is 10.00 Å². The number of hydrogen-bond acceptors (Lipinski definition) is 7. The number of carbonyl (C=O) groups excluding carboxylic acids is 1. The molecule has 2 heterocycles. The van der Waals surface area contributed by atoms with E-state index < -0.39 is 39.9 Å². The fourth-order valence-corrected chi connectivity index (χ4v) is 3.64. The molecule has 3 rings (SSSR count). The number of hydrogen-bond donors (Lipinski definition) is 2. The summed E-state index contributed by atoms with van der Waals surface area (Å²) in [6.07, 6.45) is 0.771. The third-order valence-corrected chi connectivity index (χ3v) is 4.98. The molecule has 0 saturated carbocycles. The Labute approximate surface area is 147 Å². The second-order valence-corrected chi connectivity index (χ2v) is 7.02. The van der Waals surface area contributed by atoms with Crippen molar-refractivity contribution in [3.8, 4) is 17.7 Å². The van der Waals surface area contributed by atoms with Gasteiger partial charge in [0, 0.05) is 17.9 Å². The van der Waals surface area contributed by atoms with Gasteiger partial charge in [-0.05, 0) is 18.6 Å². The standard InChI is InChI=1S/C15H13FN4O5S/c16-13-14-9(3-4-12(18-14)25-6-2-1-5-17)7-10(21)15(13)20-8-11(22)19-26(20,23)24/h3-4,7,21H,1-2,6,8H2,(H,19,22). The molecule has 1 aromatic heterocycles. The molecule has 0 unspecified atom stereocenters. The molecule has 1 aliphatic rings. The van der Waals surface area contributed by atoms with Gasteiger partial charge in [-0.3, -0.25) is 4.79 Å². The number of carbonyl (C=O) groups is 1. The number of rotatable bonds is 5. The Bertz CT molecular complexity index is 1030. The number of nitrogens with zero attached hydrogens (tertiary/aromatic N) is 3. The van der Waals surface area contributed by atoms with Crippen LogP contribution in [0.3, 0.4) is 0 Å². The van der Waals surface area contributed by atoms with Gasteiger partial charge < -0.3 is 9.84 Å². The van der Waals surface area contributed by atoms with Crippen molar-refractivity contribution in [3.63, 3.8) is 0 Å². The Morgan fingerprint density at radius 3 is 2.88 bits per heavy atom. The summed E-state index contributed by atoms with van der Waals surface area (Å²) in [5, 5.41) is 18.8. The molecule has 9 nitrogen and oxygen atoms in total. The number of ether oxygens (including phenoxy) is 1. The molecule has 0 bridgehead atoms. The van der Waals surface area contributed by atoms with Gasteiger partial charge in [0.05, 0.1) is 12.7 Å². The topological polar surface area (TPSA) is 133 Å². The van der Waals surface area contributed by atoms with Crippen LogP contribution in [0.1, 0.15) is 12.8 Å². The highest BCUT2D eigenvalue weighted by Crippen LogP contribution is 2.38. The average molecular weight is 380 g/mol. The molecule has 2 aromatic rings. The second kappa shape index (κ2) is 6.64. The number of pyridine rings is 1. The quantitative estimate of drug-likeness (QED) is 0.738. The summed E-state index contributed by atoms with van der Waals surface area (Å²) in [5.74, 6) is -2.49. The molecule has 1 aromatic carbocycles. The Morgan fingerprint density at radius 1 is 1.46 bits per heavy atom. The molecule has 1 aliphatic heterocycles. The minimum atomic E-state index is -4.29. The zero-order valence-corrected chi connectivity index (χ0v) is 14.1. The third-order valence-electron chi connectivity index (χ3n) is 3.60. The smallest absolute Gasteiger partial charge is 0.326 e. The lowest BCUT2D eigenvalue weighted by molar-refractivity contribution is -0.117. The number of amides is 1. The Hall–Kier alpha value is -3.13. The molecule has 11 heteroatoms. The van der Waals surface area contributed by atoms with Gasteiger partial charge in [0.2, 0.25) is 5.88 Å². The molecule has 1 fully saturated rings. The SMILES string of the molecule is N#CCCCOc1ccc2cc(O)c(N3CC(=O)NS3(=O)=O)c(F)c2n1. The van der Waals surface area contributed by atoms with E-state index >= 15 is 0 Å². The number of nitrogens with one attached hydrogen (secondary N) is 1. The predicted octanol–water partition coefficient (Wildman–Crippen LogP) is 0.943. The van der Waals surface area contributed by atoms with Crippen molar-refractivity contribution >= 4 is 32.7 Å². The number of phenols is 1.